The molecule has 3 nitrogen and oxygen atoms in total. The normalized spacial score (nSPS) is 38.5. The first kappa shape index (κ1) is 9.19. The number of ether oxygens (including phenoxy) is 3. The third kappa shape index (κ3) is 1.77. The maximum atomic E-state index is 5.70. The van der Waals surface area contributed by atoms with Crippen LogP contribution in [0.5, 0.6) is 0 Å². The molecule has 2 atom stereocenters. The minimum atomic E-state index is -0.461. The van der Waals surface area contributed by atoms with Gasteiger partial charge < -0.3 is 14.2 Å². The SMILES string of the molecule is C=C1CCOC1C1COC(C)(C)O1. The highest BCUT2D eigenvalue weighted by molar-refractivity contribution is 5.10. The van der Waals surface area contributed by atoms with E-state index in [9.17, 15) is 0 Å². The highest BCUT2D eigenvalue weighted by Crippen LogP contribution is 2.31. The summed E-state index contributed by atoms with van der Waals surface area (Å²) in [6.45, 7) is 9.19. The average molecular weight is 184 g/mol. The van der Waals surface area contributed by atoms with Crippen LogP contribution in [0.3, 0.4) is 0 Å². The summed E-state index contributed by atoms with van der Waals surface area (Å²) in [5.41, 5.74) is 1.13. The van der Waals surface area contributed by atoms with Crippen LogP contribution in [0.4, 0.5) is 0 Å². The molecule has 0 aliphatic carbocycles. The van der Waals surface area contributed by atoms with Crippen LogP contribution in [0, 0.1) is 0 Å². The fourth-order valence-corrected chi connectivity index (χ4v) is 1.81. The Labute approximate surface area is 78.7 Å². The third-order valence-corrected chi connectivity index (χ3v) is 2.49. The van der Waals surface area contributed by atoms with Gasteiger partial charge in [-0.25, -0.2) is 0 Å². The number of hydrogen-bond acceptors (Lipinski definition) is 3. The fraction of sp³-hybridized carbons (Fsp3) is 0.800. The summed E-state index contributed by atoms with van der Waals surface area (Å²) in [7, 11) is 0. The predicted molar refractivity (Wildman–Crippen MR) is 48.4 cm³/mol. The summed E-state index contributed by atoms with van der Waals surface area (Å²) < 4.78 is 16.7. The molecule has 0 N–H and O–H groups in total. The Morgan fingerprint density at radius 1 is 1.46 bits per heavy atom. The minimum Gasteiger partial charge on any atom is -0.371 e. The molecule has 0 amide bonds. The summed E-state index contributed by atoms with van der Waals surface area (Å²) in [5, 5.41) is 0. The van der Waals surface area contributed by atoms with E-state index in [1.807, 2.05) is 13.8 Å². The summed E-state index contributed by atoms with van der Waals surface area (Å²) in [6, 6.07) is 0. The van der Waals surface area contributed by atoms with Crippen molar-refractivity contribution in [2.24, 2.45) is 0 Å². The topological polar surface area (TPSA) is 27.7 Å². The molecular weight excluding hydrogens is 168 g/mol. The molecule has 0 radical (unpaired) electrons. The van der Waals surface area contributed by atoms with E-state index >= 15 is 0 Å². The second-order valence-electron chi connectivity index (χ2n) is 4.07. The molecule has 2 aliphatic heterocycles. The lowest BCUT2D eigenvalue weighted by molar-refractivity contribution is -0.149. The van der Waals surface area contributed by atoms with Crippen LogP contribution in [0.2, 0.25) is 0 Å². The summed E-state index contributed by atoms with van der Waals surface area (Å²) >= 11 is 0. The van der Waals surface area contributed by atoms with Crippen molar-refractivity contribution in [3.8, 4) is 0 Å². The molecule has 0 aromatic heterocycles. The molecule has 13 heavy (non-hydrogen) atoms. The van der Waals surface area contributed by atoms with E-state index in [0.717, 1.165) is 18.6 Å². The Hall–Kier alpha value is -0.380. The van der Waals surface area contributed by atoms with Gasteiger partial charge >= 0.3 is 0 Å². The van der Waals surface area contributed by atoms with Crippen molar-refractivity contribution in [1.29, 1.82) is 0 Å². The van der Waals surface area contributed by atoms with Crippen LogP contribution in [-0.2, 0) is 14.2 Å². The van der Waals surface area contributed by atoms with E-state index in [1.165, 1.54) is 0 Å². The Bertz CT molecular complexity index is 222. The largest absolute Gasteiger partial charge is 0.371 e. The molecule has 2 aliphatic rings. The van der Waals surface area contributed by atoms with Gasteiger partial charge in [-0.05, 0) is 25.8 Å². The lowest BCUT2D eigenvalue weighted by Gasteiger charge is -2.20. The number of hydrogen-bond donors (Lipinski definition) is 0. The van der Waals surface area contributed by atoms with E-state index in [-0.39, 0.29) is 12.2 Å². The van der Waals surface area contributed by atoms with Gasteiger partial charge in [-0.1, -0.05) is 6.58 Å². The zero-order valence-corrected chi connectivity index (χ0v) is 8.21. The van der Waals surface area contributed by atoms with E-state index in [4.69, 9.17) is 14.2 Å². The Balaban J connectivity index is 1.99. The third-order valence-electron chi connectivity index (χ3n) is 2.49. The Morgan fingerprint density at radius 3 is 2.69 bits per heavy atom. The lowest BCUT2D eigenvalue weighted by Crippen LogP contribution is -2.31. The van der Waals surface area contributed by atoms with Crippen molar-refractivity contribution in [2.75, 3.05) is 13.2 Å². The minimum absolute atomic E-state index is 0.0324. The van der Waals surface area contributed by atoms with Crippen molar-refractivity contribution in [1.82, 2.24) is 0 Å². The lowest BCUT2D eigenvalue weighted by atomic mass is 10.1. The monoisotopic (exact) mass is 184 g/mol. The zero-order valence-electron chi connectivity index (χ0n) is 8.21. The van der Waals surface area contributed by atoms with Gasteiger partial charge in [0.15, 0.2) is 5.79 Å². The van der Waals surface area contributed by atoms with E-state index in [0.29, 0.717) is 6.61 Å². The molecule has 2 saturated heterocycles. The van der Waals surface area contributed by atoms with Crippen LogP contribution < -0.4 is 0 Å². The molecule has 2 unspecified atom stereocenters. The second kappa shape index (κ2) is 3.08. The fourth-order valence-electron chi connectivity index (χ4n) is 1.81. The first-order valence-corrected chi connectivity index (χ1v) is 4.69. The molecule has 0 aromatic carbocycles. The van der Waals surface area contributed by atoms with Crippen LogP contribution in [0.1, 0.15) is 20.3 Å². The van der Waals surface area contributed by atoms with Crippen LogP contribution in [0.15, 0.2) is 12.2 Å². The van der Waals surface area contributed by atoms with Gasteiger partial charge in [0.2, 0.25) is 0 Å². The summed E-state index contributed by atoms with van der Waals surface area (Å²) in [5.74, 6) is -0.461. The van der Waals surface area contributed by atoms with E-state index < -0.39 is 5.79 Å². The molecular formula is C10H16O3. The van der Waals surface area contributed by atoms with Gasteiger partial charge in [-0.2, -0.15) is 0 Å². The predicted octanol–water partition coefficient (Wildman–Crippen LogP) is 1.48. The molecule has 0 bridgehead atoms. The quantitative estimate of drug-likeness (QED) is 0.578. The maximum absolute atomic E-state index is 5.70. The van der Waals surface area contributed by atoms with Gasteiger partial charge in [-0.3, -0.25) is 0 Å². The zero-order chi connectivity index (χ0) is 9.47. The van der Waals surface area contributed by atoms with Crippen molar-refractivity contribution < 1.29 is 14.2 Å². The average Bonchev–Trinajstić information content (AvgIpc) is 2.56. The molecule has 2 rings (SSSR count). The highest BCUT2D eigenvalue weighted by Gasteiger charge is 2.40. The molecule has 3 heteroatoms. The number of rotatable bonds is 1. The summed E-state index contributed by atoms with van der Waals surface area (Å²) in [4.78, 5) is 0. The molecule has 0 aromatic rings. The standard InChI is InChI=1S/C10H16O3/c1-7-4-5-11-9(7)8-6-12-10(2,3)13-8/h8-9H,1,4-6H2,2-3H3. The van der Waals surface area contributed by atoms with Crippen molar-refractivity contribution in [3.05, 3.63) is 12.2 Å². The van der Waals surface area contributed by atoms with Crippen LogP contribution >= 0.6 is 0 Å². The Kier molecular flexibility index (Phi) is 2.18. The smallest absolute Gasteiger partial charge is 0.163 e. The van der Waals surface area contributed by atoms with Crippen LogP contribution in [-0.4, -0.2) is 31.2 Å². The molecule has 0 spiro atoms. The molecule has 2 heterocycles. The van der Waals surface area contributed by atoms with E-state index in [1.54, 1.807) is 0 Å². The molecule has 2 fully saturated rings. The maximum Gasteiger partial charge on any atom is 0.163 e. The van der Waals surface area contributed by atoms with Crippen LogP contribution in [0.25, 0.3) is 0 Å². The van der Waals surface area contributed by atoms with Crippen molar-refractivity contribution in [3.63, 3.8) is 0 Å². The molecule has 0 saturated carbocycles. The van der Waals surface area contributed by atoms with Gasteiger partial charge in [0, 0.05) is 0 Å². The van der Waals surface area contributed by atoms with E-state index in [2.05, 4.69) is 6.58 Å². The van der Waals surface area contributed by atoms with Gasteiger partial charge in [0.05, 0.1) is 13.2 Å². The van der Waals surface area contributed by atoms with Crippen molar-refractivity contribution in [2.45, 2.75) is 38.3 Å². The first-order chi connectivity index (χ1) is 6.08. The van der Waals surface area contributed by atoms with Gasteiger partial charge in [-0.15, -0.1) is 0 Å². The molecule has 74 valence electrons. The second-order valence-corrected chi connectivity index (χ2v) is 4.07. The van der Waals surface area contributed by atoms with Crippen molar-refractivity contribution >= 4 is 0 Å². The summed E-state index contributed by atoms with van der Waals surface area (Å²) in [6.07, 6.45) is 1.03. The van der Waals surface area contributed by atoms with Gasteiger partial charge in [0.25, 0.3) is 0 Å². The van der Waals surface area contributed by atoms with Gasteiger partial charge in [0.1, 0.15) is 12.2 Å². The first-order valence-electron chi connectivity index (χ1n) is 4.69. The highest BCUT2D eigenvalue weighted by atomic mass is 16.7. The Morgan fingerprint density at radius 2 is 2.23 bits per heavy atom.